The highest BCUT2D eigenvalue weighted by Crippen LogP contribution is 2.47. The molecule has 0 spiro atoms. The van der Waals surface area contributed by atoms with Crippen LogP contribution in [0.4, 0.5) is 0 Å². The topological polar surface area (TPSA) is 110 Å². The van der Waals surface area contributed by atoms with Gasteiger partial charge in [0, 0.05) is 22.1 Å². The highest BCUT2D eigenvalue weighted by Gasteiger charge is 2.23. The Bertz CT molecular complexity index is 1270. The van der Waals surface area contributed by atoms with E-state index in [1.165, 1.54) is 33.1 Å². The van der Waals surface area contributed by atoms with Crippen LogP contribution in [0.25, 0.3) is 11.1 Å². The molecule has 0 radical (unpaired) electrons. The molecule has 0 aliphatic heterocycles. The van der Waals surface area contributed by atoms with Gasteiger partial charge >= 0.3 is 0 Å². The van der Waals surface area contributed by atoms with E-state index in [0.29, 0.717) is 57.6 Å². The Morgan fingerprint density at radius 1 is 0.949 bits per heavy atom. The van der Waals surface area contributed by atoms with Gasteiger partial charge in [-0.15, -0.1) is 0 Å². The van der Waals surface area contributed by atoms with Crippen LogP contribution in [-0.4, -0.2) is 49.9 Å². The lowest BCUT2D eigenvalue weighted by Crippen LogP contribution is -2.22. The highest BCUT2D eigenvalue weighted by atomic mass is 35.5. The van der Waals surface area contributed by atoms with E-state index in [2.05, 4.69) is 0 Å². The highest BCUT2D eigenvalue weighted by molar-refractivity contribution is 7.99. The zero-order chi connectivity index (χ0) is 28.4. The van der Waals surface area contributed by atoms with E-state index in [-0.39, 0.29) is 12.0 Å². The Labute approximate surface area is 238 Å². The molecule has 8 nitrogen and oxygen atoms in total. The van der Waals surface area contributed by atoms with Crippen molar-refractivity contribution < 1.29 is 33.9 Å². The third-order valence-electron chi connectivity index (χ3n) is 5.79. The van der Waals surface area contributed by atoms with Crippen LogP contribution in [0.1, 0.15) is 31.4 Å². The van der Waals surface area contributed by atoms with Crippen LogP contribution in [0.5, 0.6) is 23.0 Å². The summed E-state index contributed by atoms with van der Waals surface area (Å²) in [5, 5.41) is 30.6. The van der Waals surface area contributed by atoms with Crippen LogP contribution in [0.3, 0.4) is 0 Å². The van der Waals surface area contributed by atoms with Gasteiger partial charge in [-0.05, 0) is 79.4 Å². The summed E-state index contributed by atoms with van der Waals surface area (Å²) >= 11 is 7.38. The average Bonchev–Trinajstić information content (AvgIpc) is 2.95. The molecule has 39 heavy (non-hydrogen) atoms. The number of hydrogen-bond acceptors (Lipinski definition) is 9. The lowest BCUT2D eigenvalue weighted by Gasteiger charge is -2.22. The summed E-state index contributed by atoms with van der Waals surface area (Å²) < 4.78 is 28.4. The second kappa shape index (κ2) is 14.9. The number of halogens is 1. The molecule has 2 N–H and O–H groups in total. The lowest BCUT2D eigenvalue weighted by molar-refractivity contribution is -0.0473. The predicted molar refractivity (Wildman–Crippen MR) is 151 cm³/mol. The Hall–Kier alpha value is -3.13. The van der Waals surface area contributed by atoms with Gasteiger partial charge in [0.05, 0.1) is 27.4 Å². The first-order valence-corrected chi connectivity index (χ1v) is 13.5. The predicted octanol–water partition coefficient (Wildman–Crippen LogP) is 6.22. The molecule has 3 unspecified atom stereocenters. The standard InChI is InChI=1S/C29H32ClNO7S/c1-18(39-21-10-7-19(30)8-11-21)37-27(17-31)38-20-9-12-22(25(33)6-5-15-32)24(16-20)23-13-14-26(34-2)29(36-4)28(23)35-3/h7-14,16,18,25,27,32-33H,5-6,15H2,1-4H3. The van der Waals surface area contributed by atoms with Gasteiger partial charge in [-0.25, -0.2) is 0 Å². The molecule has 3 rings (SSSR count). The molecular formula is C29H32ClNO7S. The molecule has 0 saturated heterocycles. The summed E-state index contributed by atoms with van der Waals surface area (Å²) in [6.45, 7) is 1.79. The molecule has 0 amide bonds. The van der Waals surface area contributed by atoms with Crippen molar-refractivity contribution in [3.8, 4) is 40.2 Å². The molecule has 3 aromatic carbocycles. The van der Waals surface area contributed by atoms with Gasteiger partial charge in [0.25, 0.3) is 6.29 Å². The van der Waals surface area contributed by atoms with Gasteiger partial charge < -0.3 is 33.9 Å². The minimum Gasteiger partial charge on any atom is -0.493 e. The fraction of sp³-hybridized carbons (Fsp3) is 0.345. The van der Waals surface area contributed by atoms with E-state index in [1.54, 1.807) is 42.5 Å². The average molecular weight is 574 g/mol. The van der Waals surface area contributed by atoms with Crippen molar-refractivity contribution in [2.24, 2.45) is 0 Å². The lowest BCUT2D eigenvalue weighted by atomic mass is 9.93. The number of nitriles is 1. The van der Waals surface area contributed by atoms with Crippen molar-refractivity contribution in [2.45, 2.75) is 42.5 Å². The van der Waals surface area contributed by atoms with Gasteiger partial charge in [-0.2, -0.15) is 5.26 Å². The summed E-state index contributed by atoms with van der Waals surface area (Å²) in [4.78, 5) is 0.938. The Kier molecular flexibility index (Phi) is 11.6. The van der Waals surface area contributed by atoms with Crippen LogP contribution >= 0.6 is 23.4 Å². The zero-order valence-electron chi connectivity index (χ0n) is 22.2. The minimum absolute atomic E-state index is 0.0410. The molecule has 208 valence electrons. The van der Waals surface area contributed by atoms with E-state index in [0.717, 1.165) is 4.90 Å². The minimum atomic E-state index is -1.19. The number of aliphatic hydroxyl groups is 2. The van der Waals surface area contributed by atoms with Crippen molar-refractivity contribution in [3.05, 3.63) is 65.2 Å². The van der Waals surface area contributed by atoms with Crippen molar-refractivity contribution in [1.29, 1.82) is 5.26 Å². The van der Waals surface area contributed by atoms with Crippen LogP contribution in [0.2, 0.25) is 5.02 Å². The number of thioether (sulfide) groups is 1. The molecule has 3 aromatic rings. The Balaban J connectivity index is 1.94. The van der Waals surface area contributed by atoms with E-state index >= 15 is 0 Å². The maximum absolute atomic E-state index is 10.9. The fourth-order valence-electron chi connectivity index (χ4n) is 4.00. The third kappa shape index (κ3) is 7.94. The molecule has 0 bridgehead atoms. The first-order chi connectivity index (χ1) is 18.8. The van der Waals surface area contributed by atoms with E-state index in [9.17, 15) is 15.5 Å². The number of hydrogen-bond donors (Lipinski definition) is 2. The van der Waals surface area contributed by atoms with E-state index in [4.69, 9.17) is 35.3 Å². The Morgan fingerprint density at radius 2 is 1.67 bits per heavy atom. The van der Waals surface area contributed by atoms with Gasteiger partial charge in [0.15, 0.2) is 11.5 Å². The second-order valence-corrected chi connectivity index (χ2v) is 10.2. The van der Waals surface area contributed by atoms with Gasteiger partial charge in [-0.3, -0.25) is 0 Å². The maximum atomic E-state index is 10.9. The zero-order valence-corrected chi connectivity index (χ0v) is 23.8. The summed E-state index contributed by atoms with van der Waals surface area (Å²) in [6.07, 6.45) is -1.28. The maximum Gasteiger partial charge on any atom is 0.290 e. The van der Waals surface area contributed by atoms with Crippen LogP contribution in [0, 0.1) is 11.3 Å². The summed E-state index contributed by atoms with van der Waals surface area (Å²) in [6, 6.07) is 18.0. The first-order valence-electron chi connectivity index (χ1n) is 12.2. The number of methoxy groups -OCH3 is 3. The smallest absolute Gasteiger partial charge is 0.290 e. The van der Waals surface area contributed by atoms with Gasteiger partial charge in [0.2, 0.25) is 5.75 Å². The number of ether oxygens (including phenoxy) is 5. The first kappa shape index (κ1) is 30.4. The van der Waals surface area contributed by atoms with Gasteiger partial charge in [0.1, 0.15) is 17.3 Å². The molecule has 0 heterocycles. The molecular weight excluding hydrogens is 542 g/mol. The number of benzene rings is 3. The van der Waals surface area contributed by atoms with Crippen molar-refractivity contribution in [3.63, 3.8) is 0 Å². The van der Waals surface area contributed by atoms with Crippen molar-refractivity contribution in [1.82, 2.24) is 0 Å². The SMILES string of the molecule is COc1ccc(-c2cc(OC(C#N)OC(C)Sc3ccc(Cl)cc3)ccc2C(O)CCCO)c(OC)c1OC. The quantitative estimate of drug-likeness (QED) is 0.171. The molecule has 0 aliphatic rings. The molecule has 0 fully saturated rings. The molecule has 0 saturated carbocycles. The van der Waals surface area contributed by atoms with E-state index < -0.39 is 12.4 Å². The summed E-state index contributed by atoms with van der Waals surface area (Å²) in [7, 11) is 4.56. The second-order valence-electron chi connectivity index (χ2n) is 8.37. The van der Waals surface area contributed by atoms with Gasteiger partial charge in [-0.1, -0.05) is 29.4 Å². The number of rotatable bonds is 14. The number of aliphatic hydroxyl groups excluding tert-OH is 2. The number of nitrogens with zero attached hydrogens (tertiary/aromatic N) is 1. The normalized spacial score (nSPS) is 13.2. The van der Waals surface area contributed by atoms with Crippen molar-refractivity contribution in [2.75, 3.05) is 27.9 Å². The largest absolute Gasteiger partial charge is 0.493 e. The fourth-order valence-corrected chi connectivity index (χ4v) is 4.96. The molecule has 10 heteroatoms. The monoisotopic (exact) mass is 573 g/mol. The van der Waals surface area contributed by atoms with Crippen molar-refractivity contribution >= 4 is 23.4 Å². The third-order valence-corrected chi connectivity index (χ3v) is 7.03. The summed E-state index contributed by atoms with van der Waals surface area (Å²) in [5.41, 5.74) is 1.44. The van der Waals surface area contributed by atoms with Crippen LogP contribution in [0.15, 0.2) is 59.5 Å². The Morgan fingerprint density at radius 3 is 2.28 bits per heavy atom. The summed E-state index contributed by atoms with van der Waals surface area (Å²) in [5.74, 6) is 1.64. The molecule has 0 aliphatic carbocycles. The van der Waals surface area contributed by atoms with E-state index in [1.807, 2.05) is 25.1 Å². The molecule has 0 aromatic heterocycles. The van der Waals surface area contributed by atoms with Crippen LogP contribution < -0.4 is 18.9 Å². The van der Waals surface area contributed by atoms with Crippen LogP contribution in [-0.2, 0) is 4.74 Å². The molecule has 3 atom stereocenters.